The Balaban J connectivity index is 2.52. The molecule has 0 bridgehead atoms. The molecule has 0 saturated carbocycles. The molecule has 1 rings (SSSR count). The van der Waals surface area contributed by atoms with Gasteiger partial charge in [0, 0.05) is 19.5 Å². The lowest BCUT2D eigenvalue weighted by molar-refractivity contribution is -0.143. The van der Waals surface area contributed by atoms with E-state index in [4.69, 9.17) is 0 Å². The highest BCUT2D eigenvalue weighted by molar-refractivity contribution is 7.87. The van der Waals surface area contributed by atoms with Crippen molar-refractivity contribution in [2.75, 3.05) is 13.1 Å². The summed E-state index contributed by atoms with van der Waals surface area (Å²) < 4.78 is 62.5. The quantitative estimate of drug-likeness (QED) is 0.862. The molecule has 20 heavy (non-hydrogen) atoms. The monoisotopic (exact) mass is 316 g/mol. The van der Waals surface area contributed by atoms with Crippen molar-refractivity contribution >= 4 is 16.1 Å². The standard InChI is InChI=1S/C11H19F3N2O3S/c12-11(13,14)7-6-10(17)15-20(18,19)16-8-4-2-1-3-5-9-16/h1-9H2,(H,15,17). The van der Waals surface area contributed by atoms with E-state index in [1.165, 1.54) is 0 Å². The minimum Gasteiger partial charge on any atom is -0.274 e. The van der Waals surface area contributed by atoms with Gasteiger partial charge in [0.15, 0.2) is 0 Å². The molecule has 0 atom stereocenters. The van der Waals surface area contributed by atoms with E-state index in [-0.39, 0.29) is 0 Å². The maximum Gasteiger partial charge on any atom is 0.389 e. The summed E-state index contributed by atoms with van der Waals surface area (Å²) in [6.45, 7) is 0.587. The van der Waals surface area contributed by atoms with Crippen LogP contribution in [0.4, 0.5) is 13.2 Å². The van der Waals surface area contributed by atoms with Crippen LogP contribution in [0.5, 0.6) is 0 Å². The van der Waals surface area contributed by atoms with Gasteiger partial charge in [0.05, 0.1) is 6.42 Å². The van der Waals surface area contributed by atoms with Crippen LogP contribution in [-0.4, -0.2) is 37.9 Å². The first-order chi connectivity index (χ1) is 9.21. The zero-order valence-electron chi connectivity index (χ0n) is 11.1. The van der Waals surface area contributed by atoms with Crippen LogP contribution < -0.4 is 4.72 Å². The van der Waals surface area contributed by atoms with Gasteiger partial charge in [-0.3, -0.25) is 4.79 Å². The summed E-state index contributed by atoms with van der Waals surface area (Å²) >= 11 is 0. The largest absolute Gasteiger partial charge is 0.389 e. The van der Waals surface area contributed by atoms with Gasteiger partial charge in [-0.05, 0) is 12.8 Å². The van der Waals surface area contributed by atoms with Gasteiger partial charge in [0.2, 0.25) is 5.91 Å². The summed E-state index contributed by atoms with van der Waals surface area (Å²) in [6.07, 6.45) is -2.42. The number of hydrogen-bond acceptors (Lipinski definition) is 3. The Morgan fingerprint density at radius 2 is 1.55 bits per heavy atom. The van der Waals surface area contributed by atoms with Gasteiger partial charge in [0.25, 0.3) is 0 Å². The molecule has 1 aliphatic heterocycles. The van der Waals surface area contributed by atoms with Crippen molar-refractivity contribution in [2.45, 2.75) is 51.1 Å². The van der Waals surface area contributed by atoms with Crippen LogP contribution in [0.1, 0.15) is 44.9 Å². The van der Waals surface area contributed by atoms with E-state index in [2.05, 4.69) is 0 Å². The molecule has 118 valence electrons. The van der Waals surface area contributed by atoms with Crippen LogP contribution in [0.3, 0.4) is 0 Å². The highest BCUT2D eigenvalue weighted by Crippen LogP contribution is 2.21. The third kappa shape index (κ3) is 6.56. The van der Waals surface area contributed by atoms with Gasteiger partial charge >= 0.3 is 16.4 Å². The zero-order valence-corrected chi connectivity index (χ0v) is 11.9. The Bertz CT molecular complexity index is 415. The smallest absolute Gasteiger partial charge is 0.274 e. The molecular formula is C11H19F3N2O3S. The van der Waals surface area contributed by atoms with E-state index in [9.17, 15) is 26.4 Å². The van der Waals surface area contributed by atoms with Crippen molar-refractivity contribution < 1.29 is 26.4 Å². The maximum absolute atomic E-state index is 12.0. The SMILES string of the molecule is O=C(CCC(F)(F)F)NS(=O)(=O)N1CCCCCCC1. The molecule has 0 aromatic carbocycles. The van der Waals surface area contributed by atoms with Crippen molar-refractivity contribution in [3.05, 3.63) is 0 Å². The van der Waals surface area contributed by atoms with Crippen LogP contribution in [-0.2, 0) is 15.0 Å². The minimum absolute atomic E-state index is 0.294. The predicted molar refractivity (Wildman–Crippen MR) is 67.0 cm³/mol. The number of nitrogens with one attached hydrogen (secondary N) is 1. The van der Waals surface area contributed by atoms with Crippen molar-refractivity contribution in [3.8, 4) is 0 Å². The Labute approximate surface area is 116 Å². The van der Waals surface area contributed by atoms with Gasteiger partial charge in [-0.25, -0.2) is 4.72 Å². The molecule has 1 amide bonds. The molecule has 1 N–H and O–H groups in total. The second kappa shape index (κ2) is 7.26. The Morgan fingerprint density at radius 3 is 2.05 bits per heavy atom. The number of hydrogen-bond donors (Lipinski definition) is 1. The molecule has 0 radical (unpaired) electrons. The van der Waals surface area contributed by atoms with Gasteiger partial charge in [0.1, 0.15) is 0 Å². The van der Waals surface area contributed by atoms with Crippen molar-refractivity contribution in [1.82, 2.24) is 9.03 Å². The fourth-order valence-corrected chi connectivity index (χ4v) is 3.23. The lowest BCUT2D eigenvalue weighted by atomic mass is 10.1. The van der Waals surface area contributed by atoms with Gasteiger partial charge in [-0.1, -0.05) is 19.3 Å². The predicted octanol–water partition coefficient (Wildman–Crippen LogP) is 1.96. The zero-order chi connectivity index (χ0) is 15.2. The Kier molecular flexibility index (Phi) is 6.25. The molecule has 0 aromatic rings. The lowest BCUT2D eigenvalue weighted by Crippen LogP contribution is -2.44. The molecule has 1 fully saturated rings. The van der Waals surface area contributed by atoms with Gasteiger partial charge < -0.3 is 0 Å². The topological polar surface area (TPSA) is 66.5 Å². The molecular weight excluding hydrogens is 297 g/mol. The average molecular weight is 316 g/mol. The van der Waals surface area contributed by atoms with Crippen LogP contribution in [0.2, 0.25) is 0 Å². The lowest BCUT2D eigenvalue weighted by Gasteiger charge is -2.24. The first-order valence-corrected chi connectivity index (χ1v) is 8.02. The van der Waals surface area contributed by atoms with Crippen LogP contribution >= 0.6 is 0 Å². The Morgan fingerprint density at radius 1 is 1.05 bits per heavy atom. The first-order valence-electron chi connectivity index (χ1n) is 6.58. The molecule has 0 unspecified atom stereocenters. The first kappa shape index (κ1) is 17.2. The number of amides is 1. The molecule has 0 spiro atoms. The van der Waals surface area contributed by atoms with Crippen molar-refractivity contribution in [2.24, 2.45) is 0 Å². The maximum atomic E-state index is 12.0. The fraction of sp³-hybridized carbons (Fsp3) is 0.909. The van der Waals surface area contributed by atoms with E-state index < -0.39 is 35.1 Å². The third-order valence-corrected chi connectivity index (χ3v) is 4.56. The Hall–Kier alpha value is -0.830. The molecule has 1 aliphatic rings. The van der Waals surface area contributed by atoms with Crippen LogP contribution in [0, 0.1) is 0 Å². The molecule has 5 nitrogen and oxygen atoms in total. The molecule has 9 heteroatoms. The third-order valence-electron chi connectivity index (χ3n) is 3.03. The summed E-state index contributed by atoms with van der Waals surface area (Å²) in [5.74, 6) is -1.12. The number of nitrogens with zero attached hydrogens (tertiary/aromatic N) is 1. The number of carbonyl (C=O) groups excluding carboxylic acids is 1. The van der Waals surface area contributed by atoms with E-state index in [0.717, 1.165) is 23.6 Å². The number of carbonyl (C=O) groups is 1. The van der Waals surface area contributed by atoms with Crippen molar-refractivity contribution in [3.63, 3.8) is 0 Å². The van der Waals surface area contributed by atoms with Crippen LogP contribution in [0.15, 0.2) is 0 Å². The molecule has 0 aromatic heterocycles. The van der Waals surface area contributed by atoms with E-state index in [0.29, 0.717) is 25.9 Å². The molecule has 0 aliphatic carbocycles. The van der Waals surface area contributed by atoms with E-state index >= 15 is 0 Å². The number of halogens is 3. The van der Waals surface area contributed by atoms with Crippen molar-refractivity contribution in [1.29, 1.82) is 0 Å². The number of rotatable bonds is 4. The second-order valence-corrected chi connectivity index (χ2v) is 6.48. The minimum atomic E-state index is -4.47. The van der Waals surface area contributed by atoms with Gasteiger partial charge in [-0.15, -0.1) is 0 Å². The summed E-state index contributed by atoms with van der Waals surface area (Å²) in [7, 11) is -4.02. The molecule has 1 saturated heterocycles. The summed E-state index contributed by atoms with van der Waals surface area (Å²) in [5.41, 5.74) is 0. The highest BCUT2D eigenvalue weighted by Gasteiger charge is 2.30. The van der Waals surface area contributed by atoms with E-state index in [1.54, 1.807) is 4.72 Å². The number of alkyl halides is 3. The van der Waals surface area contributed by atoms with Crippen LogP contribution in [0.25, 0.3) is 0 Å². The average Bonchev–Trinajstić information content (AvgIpc) is 2.23. The second-order valence-electron chi connectivity index (χ2n) is 4.81. The highest BCUT2D eigenvalue weighted by atomic mass is 32.2. The fourth-order valence-electron chi connectivity index (χ4n) is 1.97. The van der Waals surface area contributed by atoms with E-state index in [1.807, 2.05) is 0 Å². The normalized spacial score (nSPS) is 19.1. The summed E-state index contributed by atoms with van der Waals surface area (Å²) in [4.78, 5) is 11.3. The van der Waals surface area contributed by atoms with Gasteiger partial charge in [-0.2, -0.15) is 25.9 Å². The summed E-state index contributed by atoms with van der Waals surface area (Å²) in [6, 6.07) is 0. The molecule has 1 heterocycles. The summed E-state index contributed by atoms with van der Waals surface area (Å²) in [5, 5.41) is 0.